The van der Waals surface area contributed by atoms with Gasteiger partial charge in [0.1, 0.15) is 0 Å². The summed E-state index contributed by atoms with van der Waals surface area (Å²) in [5.74, 6) is -1.15. The van der Waals surface area contributed by atoms with Crippen LogP contribution in [0.2, 0.25) is 0 Å². The lowest BCUT2D eigenvalue weighted by atomic mass is 10.0. The molecule has 1 amide bonds. The first kappa shape index (κ1) is 19.4. The topological polar surface area (TPSA) is 93.4 Å². The first-order valence-electron chi connectivity index (χ1n) is 9.48. The highest BCUT2D eigenvalue weighted by molar-refractivity contribution is 6.00. The average molecular weight is 377 g/mol. The summed E-state index contributed by atoms with van der Waals surface area (Å²) in [4.78, 5) is 25.9. The molecule has 0 atom stereocenters. The van der Waals surface area contributed by atoms with Gasteiger partial charge in [0.2, 0.25) is 0 Å². The Morgan fingerprint density at radius 2 is 1.79 bits per heavy atom. The summed E-state index contributed by atoms with van der Waals surface area (Å²) in [6, 6.07) is 14.0. The number of hydrogen-bond acceptors (Lipinski definition) is 4. The summed E-state index contributed by atoms with van der Waals surface area (Å²) < 4.78 is 0. The minimum absolute atomic E-state index is 0.195. The van der Waals surface area contributed by atoms with Crippen molar-refractivity contribution in [1.82, 2.24) is 5.32 Å². The number of nitrogens with zero attached hydrogens (tertiary/aromatic N) is 2. The molecule has 2 aromatic rings. The molecule has 0 unspecified atom stereocenters. The van der Waals surface area contributed by atoms with Crippen LogP contribution in [0.5, 0.6) is 0 Å². The lowest BCUT2D eigenvalue weighted by Gasteiger charge is -2.30. The van der Waals surface area contributed by atoms with Gasteiger partial charge in [-0.1, -0.05) is 12.1 Å². The maximum absolute atomic E-state index is 12.8. The standard InChI is InChI=1S/C22H23N3O3/c23-15-17-6-9-20(25-12-2-1-3-13-25)19(14-17)21(26)24-11-10-16-4-7-18(8-5-16)22(27)28/h4-9,14H,1-3,10-13H2,(H,24,26)(H,27,28). The van der Waals surface area contributed by atoms with Crippen molar-refractivity contribution >= 4 is 17.6 Å². The molecule has 6 heteroatoms. The van der Waals surface area contributed by atoms with Gasteiger partial charge in [-0.25, -0.2) is 4.79 Å². The predicted octanol–water partition coefficient (Wildman–Crippen LogP) is 3.22. The van der Waals surface area contributed by atoms with Crippen LogP contribution in [0, 0.1) is 11.3 Å². The van der Waals surface area contributed by atoms with Crippen molar-refractivity contribution in [1.29, 1.82) is 5.26 Å². The van der Waals surface area contributed by atoms with Crippen LogP contribution in [0.3, 0.4) is 0 Å². The van der Waals surface area contributed by atoms with Crippen LogP contribution < -0.4 is 10.2 Å². The van der Waals surface area contributed by atoms with Crippen LogP contribution >= 0.6 is 0 Å². The fourth-order valence-electron chi connectivity index (χ4n) is 3.43. The van der Waals surface area contributed by atoms with E-state index >= 15 is 0 Å². The van der Waals surface area contributed by atoms with E-state index in [9.17, 15) is 14.9 Å². The number of carbonyl (C=O) groups is 2. The molecule has 144 valence electrons. The molecule has 6 nitrogen and oxygen atoms in total. The number of piperidine rings is 1. The van der Waals surface area contributed by atoms with E-state index in [-0.39, 0.29) is 11.5 Å². The van der Waals surface area contributed by atoms with Crippen LogP contribution in [0.1, 0.15) is 51.1 Å². The molecule has 0 spiro atoms. The minimum atomic E-state index is -0.956. The van der Waals surface area contributed by atoms with Crippen LogP contribution in [0.15, 0.2) is 42.5 Å². The fraction of sp³-hybridized carbons (Fsp3) is 0.318. The molecule has 0 aromatic heterocycles. The number of benzene rings is 2. The van der Waals surface area contributed by atoms with Crippen molar-refractivity contribution in [3.05, 3.63) is 64.7 Å². The van der Waals surface area contributed by atoms with Crippen molar-refractivity contribution in [2.24, 2.45) is 0 Å². The van der Waals surface area contributed by atoms with E-state index in [0.717, 1.165) is 37.2 Å². The summed E-state index contributed by atoms with van der Waals surface area (Å²) in [5, 5.41) is 21.1. The number of aromatic carboxylic acids is 1. The number of rotatable bonds is 6. The Balaban J connectivity index is 1.67. The minimum Gasteiger partial charge on any atom is -0.478 e. The Hall–Kier alpha value is -3.33. The predicted molar refractivity (Wildman–Crippen MR) is 107 cm³/mol. The van der Waals surface area contributed by atoms with E-state index in [1.54, 1.807) is 36.4 Å². The van der Waals surface area contributed by atoms with Gasteiger partial charge in [-0.3, -0.25) is 4.79 Å². The van der Waals surface area contributed by atoms with Crippen molar-refractivity contribution in [3.8, 4) is 6.07 Å². The van der Waals surface area contributed by atoms with Crippen molar-refractivity contribution in [3.63, 3.8) is 0 Å². The monoisotopic (exact) mass is 377 g/mol. The van der Waals surface area contributed by atoms with Gasteiger partial charge in [-0.15, -0.1) is 0 Å². The first-order valence-corrected chi connectivity index (χ1v) is 9.48. The molecular formula is C22H23N3O3. The van der Waals surface area contributed by atoms with Crippen molar-refractivity contribution < 1.29 is 14.7 Å². The van der Waals surface area contributed by atoms with E-state index in [1.807, 2.05) is 6.07 Å². The lowest BCUT2D eigenvalue weighted by Crippen LogP contribution is -2.33. The van der Waals surface area contributed by atoms with E-state index in [2.05, 4.69) is 16.3 Å². The van der Waals surface area contributed by atoms with E-state index in [1.165, 1.54) is 6.42 Å². The molecule has 2 N–H and O–H groups in total. The largest absolute Gasteiger partial charge is 0.478 e. The van der Waals surface area contributed by atoms with Crippen LogP contribution in [-0.2, 0) is 6.42 Å². The molecule has 0 aliphatic carbocycles. The Bertz CT molecular complexity index is 894. The highest BCUT2D eigenvalue weighted by Crippen LogP contribution is 2.25. The maximum atomic E-state index is 12.8. The first-order chi connectivity index (χ1) is 13.6. The highest BCUT2D eigenvalue weighted by atomic mass is 16.4. The van der Waals surface area contributed by atoms with Crippen molar-refractivity contribution in [2.45, 2.75) is 25.7 Å². The van der Waals surface area contributed by atoms with Gasteiger partial charge in [0.05, 0.1) is 22.8 Å². The van der Waals surface area contributed by atoms with Gasteiger partial charge in [0.25, 0.3) is 5.91 Å². The Morgan fingerprint density at radius 1 is 1.07 bits per heavy atom. The number of nitrogens with one attached hydrogen (secondary N) is 1. The second-order valence-electron chi connectivity index (χ2n) is 6.90. The van der Waals surface area contributed by atoms with Crippen LogP contribution in [0.25, 0.3) is 0 Å². The smallest absolute Gasteiger partial charge is 0.335 e. The zero-order valence-corrected chi connectivity index (χ0v) is 15.6. The molecule has 1 aliphatic rings. The fourth-order valence-corrected chi connectivity index (χ4v) is 3.43. The summed E-state index contributed by atoms with van der Waals surface area (Å²) in [6.07, 6.45) is 4.01. The molecule has 0 bridgehead atoms. The Kier molecular flexibility index (Phi) is 6.28. The molecule has 2 aromatic carbocycles. The van der Waals surface area contributed by atoms with Crippen LogP contribution in [-0.4, -0.2) is 36.6 Å². The summed E-state index contributed by atoms with van der Waals surface area (Å²) >= 11 is 0. The second kappa shape index (κ2) is 9.05. The number of nitriles is 1. The third kappa shape index (κ3) is 4.68. The SMILES string of the molecule is N#Cc1ccc(N2CCCCC2)c(C(=O)NCCc2ccc(C(=O)O)cc2)c1. The summed E-state index contributed by atoms with van der Waals surface area (Å²) in [7, 11) is 0. The van der Waals surface area contributed by atoms with Gasteiger partial charge in [0.15, 0.2) is 0 Å². The quantitative estimate of drug-likeness (QED) is 0.806. The van der Waals surface area contributed by atoms with E-state index < -0.39 is 5.97 Å². The highest BCUT2D eigenvalue weighted by Gasteiger charge is 2.19. The molecule has 3 rings (SSSR count). The number of carboxylic acids is 1. The number of carbonyl (C=O) groups excluding carboxylic acids is 1. The molecular weight excluding hydrogens is 354 g/mol. The number of carboxylic acid groups (broad SMARTS) is 1. The van der Waals surface area contributed by atoms with Gasteiger partial charge < -0.3 is 15.3 Å². The summed E-state index contributed by atoms with van der Waals surface area (Å²) in [5.41, 5.74) is 3.07. The third-order valence-corrected chi connectivity index (χ3v) is 4.97. The van der Waals surface area contributed by atoms with Gasteiger partial charge in [-0.05, 0) is 61.6 Å². The van der Waals surface area contributed by atoms with E-state index in [4.69, 9.17) is 5.11 Å². The third-order valence-electron chi connectivity index (χ3n) is 4.97. The van der Waals surface area contributed by atoms with Crippen LogP contribution in [0.4, 0.5) is 5.69 Å². The zero-order chi connectivity index (χ0) is 19.9. The normalized spacial score (nSPS) is 13.6. The molecule has 0 saturated carbocycles. The number of hydrogen-bond donors (Lipinski definition) is 2. The Morgan fingerprint density at radius 3 is 2.43 bits per heavy atom. The van der Waals surface area contributed by atoms with E-state index in [0.29, 0.717) is 24.1 Å². The molecule has 1 aliphatic heterocycles. The Labute approximate surface area is 164 Å². The average Bonchev–Trinajstić information content (AvgIpc) is 2.74. The van der Waals surface area contributed by atoms with Crippen molar-refractivity contribution in [2.75, 3.05) is 24.5 Å². The molecule has 1 fully saturated rings. The van der Waals surface area contributed by atoms with Gasteiger partial charge >= 0.3 is 5.97 Å². The second-order valence-corrected chi connectivity index (χ2v) is 6.90. The number of amides is 1. The molecule has 0 radical (unpaired) electrons. The lowest BCUT2D eigenvalue weighted by molar-refractivity contribution is 0.0696. The van der Waals surface area contributed by atoms with Gasteiger partial charge in [0, 0.05) is 25.3 Å². The molecule has 1 heterocycles. The number of anilines is 1. The molecule has 28 heavy (non-hydrogen) atoms. The zero-order valence-electron chi connectivity index (χ0n) is 15.6. The molecule has 1 saturated heterocycles. The van der Waals surface area contributed by atoms with Gasteiger partial charge in [-0.2, -0.15) is 5.26 Å². The maximum Gasteiger partial charge on any atom is 0.335 e. The summed E-state index contributed by atoms with van der Waals surface area (Å²) in [6.45, 7) is 2.27.